The van der Waals surface area contributed by atoms with Crippen molar-refractivity contribution in [1.82, 2.24) is 14.7 Å². The summed E-state index contributed by atoms with van der Waals surface area (Å²) in [5, 5.41) is 4.79. The summed E-state index contributed by atoms with van der Waals surface area (Å²) in [6.45, 7) is 3.50. The second-order valence-corrected chi connectivity index (χ2v) is 3.97. The van der Waals surface area contributed by atoms with Crippen molar-refractivity contribution in [2.24, 2.45) is 12.8 Å². The fourth-order valence-electron chi connectivity index (χ4n) is 1.19. The average molecular weight is 217 g/mol. The first kappa shape index (κ1) is 11.5. The highest BCUT2D eigenvalue weighted by molar-refractivity contribution is 6.31. The number of rotatable bonds is 4. The van der Waals surface area contributed by atoms with Crippen LogP contribution in [0.1, 0.15) is 12.6 Å². The lowest BCUT2D eigenvalue weighted by Crippen LogP contribution is -2.35. The lowest BCUT2D eigenvalue weighted by atomic mass is 10.3. The van der Waals surface area contributed by atoms with E-state index in [-0.39, 0.29) is 0 Å². The molecular weight excluding hydrogens is 200 g/mol. The molecule has 0 spiro atoms. The summed E-state index contributed by atoms with van der Waals surface area (Å²) in [7, 11) is 3.92. The summed E-state index contributed by atoms with van der Waals surface area (Å²) < 4.78 is 1.79. The molecule has 1 unspecified atom stereocenters. The Bertz CT molecular complexity index is 278. The zero-order valence-corrected chi connectivity index (χ0v) is 9.62. The zero-order valence-electron chi connectivity index (χ0n) is 8.87. The van der Waals surface area contributed by atoms with Crippen LogP contribution in [-0.2, 0) is 13.6 Å². The molecular formula is C9H17ClN4. The molecule has 0 saturated heterocycles. The van der Waals surface area contributed by atoms with Gasteiger partial charge in [0, 0.05) is 26.2 Å². The number of aryl methyl sites for hydroxylation is 1. The molecule has 1 rings (SSSR count). The SMILES string of the molecule is CC(CN)N(C)Cc1c(Cl)cnn1C. The minimum Gasteiger partial charge on any atom is -0.329 e. The summed E-state index contributed by atoms with van der Waals surface area (Å²) in [5.41, 5.74) is 6.60. The summed E-state index contributed by atoms with van der Waals surface area (Å²) in [4.78, 5) is 2.16. The number of halogens is 1. The Kier molecular flexibility index (Phi) is 3.92. The van der Waals surface area contributed by atoms with Crippen molar-refractivity contribution in [3.05, 3.63) is 16.9 Å². The van der Waals surface area contributed by atoms with Crippen molar-refractivity contribution < 1.29 is 0 Å². The van der Waals surface area contributed by atoms with Gasteiger partial charge in [-0.1, -0.05) is 11.6 Å². The fraction of sp³-hybridized carbons (Fsp3) is 0.667. The molecule has 0 amide bonds. The zero-order chi connectivity index (χ0) is 10.7. The first-order chi connectivity index (χ1) is 6.56. The minimum absolute atomic E-state index is 0.348. The van der Waals surface area contributed by atoms with Gasteiger partial charge in [-0.25, -0.2) is 0 Å². The maximum atomic E-state index is 6.00. The van der Waals surface area contributed by atoms with E-state index in [1.165, 1.54) is 0 Å². The van der Waals surface area contributed by atoms with Crippen molar-refractivity contribution in [2.75, 3.05) is 13.6 Å². The lowest BCUT2D eigenvalue weighted by Gasteiger charge is -2.23. The minimum atomic E-state index is 0.348. The largest absolute Gasteiger partial charge is 0.329 e. The van der Waals surface area contributed by atoms with E-state index < -0.39 is 0 Å². The van der Waals surface area contributed by atoms with Crippen molar-refractivity contribution in [3.8, 4) is 0 Å². The van der Waals surface area contributed by atoms with Gasteiger partial charge in [-0.3, -0.25) is 9.58 Å². The molecule has 0 bridgehead atoms. The van der Waals surface area contributed by atoms with Crippen LogP contribution in [0.2, 0.25) is 5.02 Å². The standard InChI is InChI=1S/C9H17ClN4/c1-7(4-11)13(2)6-9-8(10)5-12-14(9)3/h5,7H,4,6,11H2,1-3H3. The lowest BCUT2D eigenvalue weighted by molar-refractivity contribution is 0.248. The van der Waals surface area contributed by atoms with Crippen molar-refractivity contribution in [1.29, 1.82) is 0 Å². The molecule has 4 nitrogen and oxygen atoms in total. The Labute approximate surface area is 89.6 Å². The topological polar surface area (TPSA) is 47.1 Å². The van der Waals surface area contributed by atoms with Gasteiger partial charge >= 0.3 is 0 Å². The van der Waals surface area contributed by atoms with Gasteiger partial charge < -0.3 is 5.73 Å². The van der Waals surface area contributed by atoms with Crippen molar-refractivity contribution in [2.45, 2.75) is 19.5 Å². The molecule has 0 aromatic carbocycles. The van der Waals surface area contributed by atoms with Crippen LogP contribution in [0.3, 0.4) is 0 Å². The van der Waals surface area contributed by atoms with Gasteiger partial charge in [-0.15, -0.1) is 0 Å². The third-order valence-corrected chi connectivity index (χ3v) is 2.82. The molecule has 0 aliphatic rings. The van der Waals surface area contributed by atoms with E-state index in [1.54, 1.807) is 10.9 Å². The van der Waals surface area contributed by atoms with E-state index in [0.717, 1.165) is 12.2 Å². The maximum absolute atomic E-state index is 6.00. The predicted octanol–water partition coefficient (Wildman–Crippen LogP) is 0.853. The molecule has 0 radical (unpaired) electrons. The molecule has 80 valence electrons. The van der Waals surface area contributed by atoms with E-state index in [2.05, 4.69) is 16.9 Å². The van der Waals surface area contributed by atoms with Gasteiger partial charge in [0.05, 0.1) is 16.9 Å². The fourth-order valence-corrected chi connectivity index (χ4v) is 1.41. The summed E-state index contributed by atoms with van der Waals surface area (Å²) in [5.74, 6) is 0. The predicted molar refractivity (Wildman–Crippen MR) is 58.2 cm³/mol. The third-order valence-electron chi connectivity index (χ3n) is 2.50. The van der Waals surface area contributed by atoms with Gasteiger partial charge in [0.2, 0.25) is 0 Å². The van der Waals surface area contributed by atoms with Crippen LogP contribution < -0.4 is 5.73 Å². The molecule has 14 heavy (non-hydrogen) atoms. The Hall–Kier alpha value is -0.580. The first-order valence-electron chi connectivity index (χ1n) is 4.63. The third kappa shape index (κ3) is 2.47. The Morgan fingerprint density at radius 3 is 2.79 bits per heavy atom. The van der Waals surface area contributed by atoms with Gasteiger partial charge in [0.25, 0.3) is 0 Å². The Balaban J connectivity index is 2.68. The van der Waals surface area contributed by atoms with Crippen LogP contribution in [0.5, 0.6) is 0 Å². The van der Waals surface area contributed by atoms with Gasteiger partial charge in [0.15, 0.2) is 0 Å². The molecule has 1 aromatic heterocycles. The van der Waals surface area contributed by atoms with Gasteiger partial charge in [-0.05, 0) is 14.0 Å². The number of hydrogen-bond acceptors (Lipinski definition) is 3. The van der Waals surface area contributed by atoms with Crippen molar-refractivity contribution >= 4 is 11.6 Å². The number of likely N-dealkylation sites (N-methyl/N-ethyl adjacent to an activating group) is 1. The van der Waals surface area contributed by atoms with E-state index in [9.17, 15) is 0 Å². The van der Waals surface area contributed by atoms with Crippen LogP contribution in [-0.4, -0.2) is 34.3 Å². The van der Waals surface area contributed by atoms with E-state index >= 15 is 0 Å². The van der Waals surface area contributed by atoms with Crippen LogP contribution in [0.15, 0.2) is 6.20 Å². The van der Waals surface area contributed by atoms with Crippen LogP contribution in [0, 0.1) is 0 Å². The summed E-state index contributed by atoms with van der Waals surface area (Å²) in [6, 6.07) is 0.348. The van der Waals surface area contributed by atoms with E-state index in [1.807, 2.05) is 14.1 Å². The highest BCUT2D eigenvalue weighted by Gasteiger charge is 2.12. The molecule has 0 fully saturated rings. The van der Waals surface area contributed by atoms with Crippen LogP contribution in [0.25, 0.3) is 0 Å². The highest BCUT2D eigenvalue weighted by atomic mass is 35.5. The number of nitrogens with two attached hydrogens (primary N) is 1. The van der Waals surface area contributed by atoms with Crippen molar-refractivity contribution in [3.63, 3.8) is 0 Å². The first-order valence-corrected chi connectivity index (χ1v) is 5.00. The summed E-state index contributed by atoms with van der Waals surface area (Å²) >= 11 is 6.00. The number of nitrogens with zero attached hydrogens (tertiary/aromatic N) is 3. The van der Waals surface area contributed by atoms with E-state index in [0.29, 0.717) is 17.6 Å². The Morgan fingerprint density at radius 1 is 1.71 bits per heavy atom. The number of hydrogen-bond donors (Lipinski definition) is 1. The normalized spacial score (nSPS) is 13.6. The molecule has 0 aliphatic heterocycles. The second kappa shape index (κ2) is 4.77. The molecule has 1 aromatic rings. The smallest absolute Gasteiger partial charge is 0.0831 e. The maximum Gasteiger partial charge on any atom is 0.0831 e. The van der Waals surface area contributed by atoms with E-state index in [4.69, 9.17) is 17.3 Å². The second-order valence-electron chi connectivity index (χ2n) is 3.56. The monoisotopic (exact) mass is 216 g/mol. The van der Waals surface area contributed by atoms with Crippen LogP contribution >= 0.6 is 11.6 Å². The molecule has 2 N–H and O–H groups in total. The molecule has 1 atom stereocenters. The Morgan fingerprint density at radius 2 is 2.36 bits per heavy atom. The van der Waals surface area contributed by atoms with Gasteiger partial charge in [-0.2, -0.15) is 5.10 Å². The average Bonchev–Trinajstić information content (AvgIpc) is 2.48. The highest BCUT2D eigenvalue weighted by Crippen LogP contribution is 2.16. The quantitative estimate of drug-likeness (QED) is 0.812. The molecule has 1 heterocycles. The van der Waals surface area contributed by atoms with Gasteiger partial charge in [0.1, 0.15) is 0 Å². The number of aromatic nitrogens is 2. The van der Waals surface area contributed by atoms with Crippen LogP contribution in [0.4, 0.5) is 0 Å². The summed E-state index contributed by atoms with van der Waals surface area (Å²) in [6.07, 6.45) is 1.66. The molecule has 5 heteroatoms. The molecule has 0 saturated carbocycles. The molecule has 0 aliphatic carbocycles.